The number of pyridine rings is 1. The molecule has 2 heterocycles. The van der Waals surface area contributed by atoms with E-state index in [0.717, 1.165) is 52.2 Å². The summed E-state index contributed by atoms with van der Waals surface area (Å²) in [7, 11) is 0. The van der Waals surface area contributed by atoms with Gasteiger partial charge in [0.25, 0.3) is 0 Å². The zero-order valence-corrected chi connectivity index (χ0v) is 22.2. The Balaban J connectivity index is 1.80. The van der Waals surface area contributed by atoms with E-state index in [0.29, 0.717) is 22.5 Å². The highest BCUT2D eigenvalue weighted by Crippen LogP contribution is 2.32. The Morgan fingerprint density at radius 3 is 2.31 bits per heavy atom. The SMILES string of the molecule is C=C(NCCC)c1ccc(-c2cnc3c(NCCC(F)(F)F)cc(-c4ccc(C(N)=O)c(C)c4)cn23)cc1C. The molecule has 4 rings (SSSR count). The van der Waals surface area contributed by atoms with Gasteiger partial charge in [0.1, 0.15) is 0 Å². The molecule has 9 heteroatoms. The summed E-state index contributed by atoms with van der Waals surface area (Å²) in [4.78, 5) is 16.3. The largest absolute Gasteiger partial charge is 0.390 e. The molecular formula is C30H32F3N5O. The summed E-state index contributed by atoms with van der Waals surface area (Å²) >= 11 is 0. The van der Waals surface area contributed by atoms with Gasteiger partial charge in [-0.15, -0.1) is 0 Å². The van der Waals surface area contributed by atoms with Crippen molar-refractivity contribution in [1.82, 2.24) is 14.7 Å². The Labute approximate surface area is 225 Å². The van der Waals surface area contributed by atoms with Crippen LogP contribution in [0.5, 0.6) is 0 Å². The standard InChI is InChI=1S/C30H32F3N5O/c1-5-11-35-20(4)24-8-7-22(14-18(24)2)27-16-37-29-26(36-12-10-30(31,32)33)15-23(17-38(27)29)21-6-9-25(28(34)39)19(3)13-21/h6-9,13-17,35-36H,4-5,10-12H2,1-3H3,(H2,34,39). The van der Waals surface area contributed by atoms with Crippen LogP contribution in [-0.4, -0.2) is 34.6 Å². The van der Waals surface area contributed by atoms with E-state index >= 15 is 0 Å². The molecule has 0 unspecified atom stereocenters. The van der Waals surface area contributed by atoms with Crippen molar-refractivity contribution >= 4 is 22.9 Å². The number of halogens is 3. The summed E-state index contributed by atoms with van der Waals surface area (Å²) in [5.41, 5.74) is 13.7. The maximum absolute atomic E-state index is 12.9. The fourth-order valence-electron chi connectivity index (χ4n) is 4.58. The molecule has 0 atom stereocenters. The average Bonchev–Trinajstić information content (AvgIpc) is 3.30. The number of nitrogens with one attached hydrogen (secondary N) is 2. The van der Waals surface area contributed by atoms with Crippen molar-refractivity contribution in [3.8, 4) is 22.4 Å². The summed E-state index contributed by atoms with van der Waals surface area (Å²) in [5, 5.41) is 6.24. The number of aryl methyl sites for hydroxylation is 2. The molecule has 4 N–H and O–H groups in total. The smallest absolute Gasteiger partial charge is 0.385 e. The van der Waals surface area contributed by atoms with Crippen molar-refractivity contribution in [3.05, 3.63) is 83.7 Å². The third kappa shape index (κ3) is 6.25. The predicted octanol–water partition coefficient (Wildman–Crippen LogP) is 6.72. The molecular weight excluding hydrogens is 503 g/mol. The number of rotatable bonds is 10. The fraction of sp³-hybridized carbons (Fsp3) is 0.267. The number of carbonyl (C=O) groups is 1. The second kappa shape index (κ2) is 11.2. The number of anilines is 1. The minimum atomic E-state index is -4.28. The number of hydrogen-bond acceptors (Lipinski definition) is 4. The van der Waals surface area contributed by atoms with Gasteiger partial charge in [0, 0.05) is 41.7 Å². The molecule has 6 nitrogen and oxygen atoms in total. The van der Waals surface area contributed by atoms with Crippen molar-refractivity contribution in [2.24, 2.45) is 5.73 Å². The van der Waals surface area contributed by atoms with Gasteiger partial charge < -0.3 is 16.4 Å². The summed E-state index contributed by atoms with van der Waals surface area (Å²) in [6, 6.07) is 13.1. The number of primary amides is 1. The number of nitrogens with zero attached hydrogens (tertiary/aromatic N) is 2. The van der Waals surface area contributed by atoms with Gasteiger partial charge in [0.05, 0.1) is 24.0 Å². The van der Waals surface area contributed by atoms with Crippen molar-refractivity contribution in [1.29, 1.82) is 0 Å². The van der Waals surface area contributed by atoms with E-state index in [9.17, 15) is 18.0 Å². The maximum atomic E-state index is 12.9. The molecule has 0 aliphatic carbocycles. The van der Waals surface area contributed by atoms with Crippen LogP contribution in [-0.2, 0) is 0 Å². The van der Waals surface area contributed by atoms with Gasteiger partial charge in [-0.2, -0.15) is 13.2 Å². The Hall–Kier alpha value is -4.27. The Kier molecular flexibility index (Phi) is 7.99. The Morgan fingerprint density at radius 2 is 1.67 bits per heavy atom. The summed E-state index contributed by atoms with van der Waals surface area (Å²) < 4.78 is 40.5. The molecule has 2 aromatic heterocycles. The van der Waals surface area contributed by atoms with Gasteiger partial charge in [-0.25, -0.2) is 4.98 Å². The average molecular weight is 536 g/mol. The van der Waals surface area contributed by atoms with Gasteiger partial charge >= 0.3 is 6.18 Å². The number of aromatic nitrogens is 2. The van der Waals surface area contributed by atoms with Crippen LogP contribution in [0.15, 0.2) is 61.4 Å². The molecule has 4 aromatic rings. The third-order valence-electron chi connectivity index (χ3n) is 6.59. The zero-order valence-electron chi connectivity index (χ0n) is 22.2. The van der Waals surface area contributed by atoms with E-state index in [-0.39, 0.29) is 6.54 Å². The topological polar surface area (TPSA) is 84.4 Å². The second-order valence-electron chi connectivity index (χ2n) is 9.60. The van der Waals surface area contributed by atoms with Crippen molar-refractivity contribution < 1.29 is 18.0 Å². The highest BCUT2D eigenvalue weighted by Gasteiger charge is 2.26. The number of imidazole rings is 1. The molecule has 0 aliphatic rings. The van der Waals surface area contributed by atoms with Crippen LogP contribution in [0.25, 0.3) is 33.7 Å². The lowest BCUT2D eigenvalue weighted by Gasteiger charge is -2.15. The lowest BCUT2D eigenvalue weighted by molar-refractivity contribution is -0.131. The van der Waals surface area contributed by atoms with Crippen LogP contribution < -0.4 is 16.4 Å². The first-order valence-electron chi connectivity index (χ1n) is 12.7. The molecule has 0 bridgehead atoms. The van der Waals surface area contributed by atoms with Crippen molar-refractivity contribution in [3.63, 3.8) is 0 Å². The van der Waals surface area contributed by atoms with Gasteiger partial charge in [0.2, 0.25) is 5.91 Å². The van der Waals surface area contributed by atoms with Crippen LogP contribution in [0.4, 0.5) is 18.9 Å². The molecule has 1 amide bonds. The molecule has 204 valence electrons. The first kappa shape index (κ1) is 27.8. The van der Waals surface area contributed by atoms with E-state index in [1.54, 1.807) is 31.3 Å². The minimum absolute atomic E-state index is 0.287. The first-order valence-corrected chi connectivity index (χ1v) is 12.7. The number of fused-ring (bicyclic) bond motifs is 1. The summed E-state index contributed by atoms with van der Waals surface area (Å²) in [6.07, 6.45) is -0.646. The third-order valence-corrected chi connectivity index (χ3v) is 6.59. The number of nitrogens with two attached hydrogens (primary N) is 1. The molecule has 0 aliphatic heterocycles. The summed E-state index contributed by atoms with van der Waals surface area (Å²) in [6.45, 7) is 10.6. The van der Waals surface area contributed by atoms with E-state index in [1.165, 1.54) is 0 Å². The fourth-order valence-corrected chi connectivity index (χ4v) is 4.58. The zero-order chi connectivity index (χ0) is 28.3. The Bertz CT molecular complexity index is 1540. The van der Waals surface area contributed by atoms with Crippen molar-refractivity contribution in [2.45, 2.75) is 39.8 Å². The predicted molar refractivity (Wildman–Crippen MR) is 151 cm³/mol. The molecule has 2 aromatic carbocycles. The molecule has 0 saturated carbocycles. The minimum Gasteiger partial charge on any atom is -0.385 e. The van der Waals surface area contributed by atoms with Crippen LogP contribution >= 0.6 is 0 Å². The van der Waals surface area contributed by atoms with E-state index in [2.05, 4.69) is 29.1 Å². The Morgan fingerprint density at radius 1 is 1.00 bits per heavy atom. The van der Waals surface area contributed by atoms with Crippen molar-refractivity contribution in [2.75, 3.05) is 18.4 Å². The van der Waals surface area contributed by atoms with Crippen LogP contribution in [0.1, 0.15) is 46.8 Å². The second-order valence-corrected chi connectivity index (χ2v) is 9.60. The number of amides is 1. The van der Waals surface area contributed by atoms with Crippen LogP contribution in [0.3, 0.4) is 0 Å². The van der Waals surface area contributed by atoms with Gasteiger partial charge in [-0.3, -0.25) is 9.20 Å². The highest BCUT2D eigenvalue weighted by molar-refractivity contribution is 5.95. The molecule has 0 fully saturated rings. The number of alkyl halides is 3. The lowest BCUT2D eigenvalue weighted by atomic mass is 10.00. The van der Waals surface area contributed by atoms with E-state index < -0.39 is 18.5 Å². The van der Waals surface area contributed by atoms with Gasteiger partial charge in [-0.1, -0.05) is 37.8 Å². The summed E-state index contributed by atoms with van der Waals surface area (Å²) in [5.74, 6) is -0.521. The monoisotopic (exact) mass is 535 g/mol. The quantitative estimate of drug-likeness (QED) is 0.211. The normalized spacial score (nSPS) is 11.5. The first-order chi connectivity index (χ1) is 18.5. The number of benzene rings is 2. The molecule has 39 heavy (non-hydrogen) atoms. The highest BCUT2D eigenvalue weighted by atomic mass is 19.4. The van der Waals surface area contributed by atoms with Crippen LogP contribution in [0.2, 0.25) is 0 Å². The molecule has 0 radical (unpaired) electrons. The molecule has 0 saturated heterocycles. The van der Waals surface area contributed by atoms with E-state index in [1.807, 2.05) is 41.8 Å². The van der Waals surface area contributed by atoms with Gasteiger partial charge in [0.15, 0.2) is 5.65 Å². The number of hydrogen-bond donors (Lipinski definition) is 3. The maximum Gasteiger partial charge on any atom is 0.390 e. The van der Waals surface area contributed by atoms with E-state index in [4.69, 9.17) is 5.73 Å². The number of carbonyl (C=O) groups excluding carboxylic acids is 1. The molecule has 0 spiro atoms. The van der Waals surface area contributed by atoms with Gasteiger partial charge in [-0.05, 0) is 60.7 Å². The van der Waals surface area contributed by atoms with Crippen LogP contribution in [0, 0.1) is 13.8 Å². The lowest BCUT2D eigenvalue weighted by Crippen LogP contribution is -2.15.